The number of amides is 1. The van der Waals surface area contributed by atoms with Crippen molar-refractivity contribution in [1.82, 2.24) is 20.2 Å². The number of aromatic nitrogens is 4. The third-order valence-corrected chi connectivity index (χ3v) is 3.48. The molecule has 27 heavy (non-hydrogen) atoms. The number of para-hydroxylation sites is 1. The van der Waals surface area contributed by atoms with Crippen molar-refractivity contribution in [3.8, 4) is 5.75 Å². The van der Waals surface area contributed by atoms with E-state index in [0.717, 1.165) is 0 Å². The van der Waals surface area contributed by atoms with E-state index < -0.39 is 5.97 Å². The minimum absolute atomic E-state index is 0.100. The first kappa shape index (κ1) is 18.1. The molecule has 1 amide bonds. The molecule has 1 N–H and O–H groups in total. The van der Waals surface area contributed by atoms with E-state index in [0.29, 0.717) is 22.8 Å². The number of hydrogen-bond acceptors (Lipinski definition) is 7. The number of carbonyl (C=O) groups excluding carboxylic acids is 2. The molecule has 0 aliphatic carbocycles. The molecule has 2 aromatic carbocycles. The van der Waals surface area contributed by atoms with Gasteiger partial charge in [0.05, 0.1) is 12.7 Å². The van der Waals surface area contributed by atoms with Crippen LogP contribution in [0.4, 0.5) is 5.69 Å². The molecular weight excluding hydrogens is 350 g/mol. The summed E-state index contributed by atoms with van der Waals surface area (Å²) in [4.78, 5) is 24.7. The summed E-state index contributed by atoms with van der Waals surface area (Å²) in [6, 6.07) is 15.6. The van der Waals surface area contributed by atoms with E-state index in [1.807, 2.05) is 30.3 Å². The Morgan fingerprint density at radius 3 is 2.52 bits per heavy atom. The Bertz CT molecular complexity index is 909. The molecule has 0 atom stereocenters. The van der Waals surface area contributed by atoms with Crippen molar-refractivity contribution < 1.29 is 19.1 Å². The Morgan fingerprint density at radius 1 is 1.07 bits per heavy atom. The predicted molar refractivity (Wildman–Crippen MR) is 95.0 cm³/mol. The second-order valence-corrected chi connectivity index (χ2v) is 5.45. The third kappa shape index (κ3) is 5.11. The van der Waals surface area contributed by atoms with Gasteiger partial charge in [-0.25, -0.2) is 4.79 Å². The van der Waals surface area contributed by atoms with E-state index in [1.165, 1.54) is 11.9 Å². The van der Waals surface area contributed by atoms with Gasteiger partial charge in [-0.1, -0.05) is 18.2 Å². The van der Waals surface area contributed by atoms with Gasteiger partial charge in [-0.15, -0.1) is 10.2 Å². The van der Waals surface area contributed by atoms with E-state index in [1.54, 1.807) is 24.3 Å². The van der Waals surface area contributed by atoms with Crippen LogP contribution in [-0.4, -0.2) is 39.2 Å². The highest BCUT2D eigenvalue weighted by molar-refractivity contribution is 5.92. The van der Waals surface area contributed by atoms with Crippen LogP contribution < -0.4 is 10.1 Å². The van der Waals surface area contributed by atoms with Crippen LogP contribution in [0.2, 0.25) is 0 Å². The molecule has 1 aromatic heterocycles. The highest BCUT2D eigenvalue weighted by atomic mass is 16.5. The average Bonchev–Trinajstić information content (AvgIpc) is 3.14. The lowest BCUT2D eigenvalue weighted by Crippen LogP contribution is -2.20. The summed E-state index contributed by atoms with van der Waals surface area (Å²) in [5, 5.41) is 14.5. The fraction of sp³-hybridized carbons (Fsp3) is 0.167. The van der Waals surface area contributed by atoms with Crippen LogP contribution >= 0.6 is 0 Å². The zero-order valence-electron chi connectivity index (χ0n) is 14.5. The van der Waals surface area contributed by atoms with Crippen LogP contribution in [-0.2, 0) is 22.7 Å². The number of methoxy groups -OCH3 is 1. The Balaban J connectivity index is 1.51. The molecule has 1 heterocycles. The molecule has 3 rings (SSSR count). The molecule has 0 saturated heterocycles. The quantitative estimate of drug-likeness (QED) is 0.633. The zero-order chi connectivity index (χ0) is 19.1. The van der Waals surface area contributed by atoms with Crippen molar-refractivity contribution in [3.05, 3.63) is 66.0 Å². The van der Waals surface area contributed by atoms with Crippen LogP contribution in [0.15, 0.2) is 54.6 Å². The van der Waals surface area contributed by atoms with Crippen LogP contribution in [0.5, 0.6) is 5.75 Å². The molecule has 9 nitrogen and oxygen atoms in total. The summed E-state index contributed by atoms with van der Waals surface area (Å²) in [6.45, 7) is 0.0533. The number of benzene rings is 2. The number of carbonyl (C=O) groups is 2. The number of esters is 1. The topological polar surface area (TPSA) is 108 Å². The molecule has 0 saturated carbocycles. The van der Waals surface area contributed by atoms with Gasteiger partial charge < -0.3 is 14.8 Å². The van der Waals surface area contributed by atoms with Gasteiger partial charge >= 0.3 is 5.97 Å². The maximum Gasteiger partial charge on any atom is 0.337 e. The Hall–Kier alpha value is -3.75. The van der Waals surface area contributed by atoms with Gasteiger partial charge in [0.1, 0.15) is 12.3 Å². The van der Waals surface area contributed by atoms with Crippen molar-refractivity contribution in [2.24, 2.45) is 0 Å². The highest BCUT2D eigenvalue weighted by Gasteiger charge is 2.10. The number of rotatable bonds is 7. The number of hydrogen-bond donors (Lipinski definition) is 1. The van der Waals surface area contributed by atoms with Crippen LogP contribution in [0.3, 0.4) is 0 Å². The van der Waals surface area contributed by atoms with Crippen molar-refractivity contribution in [3.63, 3.8) is 0 Å². The fourth-order valence-electron chi connectivity index (χ4n) is 2.20. The van der Waals surface area contributed by atoms with Crippen LogP contribution in [0.1, 0.15) is 16.2 Å². The lowest BCUT2D eigenvalue weighted by atomic mass is 10.2. The van der Waals surface area contributed by atoms with Gasteiger partial charge in [-0.2, -0.15) is 4.80 Å². The first-order valence-electron chi connectivity index (χ1n) is 8.07. The van der Waals surface area contributed by atoms with Gasteiger partial charge in [0, 0.05) is 5.69 Å². The summed E-state index contributed by atoms with van der Waals surface area (Å²) in [5.41, 5.74) is 0.942. The summed E-state index contributed by atoms with van der Waals surface area (Å²) in [5.74, 6) is 0.301. The summed E-state index contributed by atoms with van der Waals surface area (Å²) >= 11 is 0. The number of tetrazole rings is 1. The first-order chi connectivity index (χ1) is 13.1. The highest BCUT2D eigenvalue weighted by Crippen LogP contribution is 2.11. The largest absolute Gasteiger partial charge is 0.485 e. The van der Waals surface area contributed by atoms with Crippen molar-refractivity contribution in [2.45, 2.75) is 13.2 Å². The number of ether oxygens (including phenoxy) is 2. The predicted octanol–water partition coefficient (Wildman–Crippen LogP) is 1.68. The molecule has 138 valence electrons. The number of nitrogens with zero attached hydrogens (tertiary/aromatic N) is 4. The van der Waals surface area contributed by atoms with Gasteiger partial charge in [0.2, 0.25) is 11.7 Å². The van der Waals surface area contributed by atoms with E-state index >= 15 is 0 Å². The Kier molecular flexibility index (Phi) is 5.73. The second kappa shape index (κ2) is 8.56. The maximum atomic E-state index is 12.1. The third-order valence-electron chi connectivity index (χ3n) is 3.48. The minimum atomic E-state index is -0.440. The zero-order valence-corrected chi connectivity index (χ0v) is 14.5. The van der Waals surface area contributed by atoms with E-state index in [2.05, 4.69) is 25.5 Å². The van der Waals surface area contributed by atoms with Crippen molar-refractivity contribution in [1.29, 1.82) is 0 Å². The summed E-state index contributed by atoms with van der Waals surface area (Å²) in [6.07, 6.45) is 0. The van der Waals surface area contributed by atoms with Crippen LogP contribution in [0, 0.1) is 0 Å². The van der Waals surface area contributed by atoms with Crippen LogP contribution in [0.25, 0.3) is 0 Å². The fourth-order valence-corrected chi connectivity index (χ4v) is 2.20. The van der Waals surface area contributed by atoms with Gasteiger partial charge in [0.25, 0.3) is 0 Å². The minimum Gasteiger partial charge on any atom is -0.485 e. The summed E-state index contributed by atoms with van der Waals surface area (Å²) < 4.78 is 10.2. The SMILES string of the molecule is COC(=O)c1ccc(NC(=O)Cn2nnc(COc3ccccc3)n2)cc1. The summed E-state index contributed by atoms with van der Waals surface area (Å²) in [7, 11) is 1.31. The molecule has 0 aliphatic rings. The number of nitrogens with one attached hydrogen (secondary N) is 1. The monoisotopic (exact) mass is 367 g/mol. The molecule has 0 spiro atoms. The second-order valence-electron chi connectivity index (χ2n) is 5.45. The van der Waals surface area contributed by atoms with Gasteiger partial charge in [-0.3, -0.25) is 4.79 Å². The average molecular weight is 367 g/mol. The lowest BCUT2D eigenvalue weighted by Gasteiger charge is -2.05. The molecule has 0 bridgehead atoms. The van der Waals surface area contributed by atoms with Crippen molar-refractivity contribution in [2.75, 3.05) is 12.4 Å². The molecule has 0 aliphatic heterocycles. The normalized spacial score (nSPS) is 10.3. The van der Waals surface area contributed by atoms with Gasteiger partial charge in [0.15, 0.2) is 6.61 Å². The molecule has 0 radical (unpaired) electrons. The smallest absolute Gasteiger partial charge is 0.337 e. The first-order valence-corrected chi connectivity index (χ1v) is 8.07. The Morgan fingerprint density at radius 2 is 1.81 bits per heavy atom. The van der Waals surface area contributed by atoms with Crippen molar-refractivity contribution >= 4 is 17.6 Å². The maximum absolute atomic E-state index is 12.1. The molecule has 9 heteroatoms. The Labute approximate surface area is 154 Å². The van der Waals surface area contributed by atoms with E-state index in [4.69, 9.17) is 4.74 Å². The molecular formula is C18H17N5O4. The number of anilines is 1. The molecule has 0 fully saturated rings. The van der Waals surface area contributed by atoms with Gasteiger partial charge in [-0.05, 0) is 41.6 Å². The standard InChI is InChI=1S/C18H17N5O4/c1-26-18(25)13-7-9-14(10-8-13)19-17(24)11-23-21-16(20-22-23)12-27-15-5-3-2-4-6-15/h2-10H,11-12H2,1H3,(H,19,24). The molecule has 3 aromatic rings. The van der Waals surface area contributed by atoms with E-state index in [9.17, 15) is 9.59 Å². The van der Waals surface area contributed by atoms with E-state index in [-0.39, 0.29) is 19.1 Å². The molecule has 0 unspecified atom stereocenters. The lowest BCUT2D eigenvalue weighted by molar-refractivity contribution is -0.117.